The molecular weight excluding hydrogens is 223 g/mol. The Morgan fingerprint density at radius 3 is 2.50 bits per heavy atom. The van der Waals surface area contributed by atoms with E-state index < -0.39 is 12.0 Å². The second-order valence-corrected chi connectivity index (χ2v) is 2.90. The second kappa shape index (κ2) is 3.47. The number of nitrogens with zero attached hydrogens (tertiary/aromatic N) is 4. The lowest BCUT2D eigenvalue weighted by molar-refractivity contribution is -0.145. The van der Waals surface area contributed by atoms with E-state index in [0.29, 0.717) is 0 Å². The fourth-order valence-electron chi connectivity index (χ4n) is 1.11. The lowest BCUT2D eigenvalue weighted by Gasteiger charge is -2.07. The van der Waals surface area contributed by atoms with E-state index in [9.17, 15) is 13.2 Å². The molecule has 0 amide bonds. The Bertz CT molecular complexity index is 504. The van der Waals surface area contributed by atoms with Gasteiger partial charge in [0.05, 0.1) is 6.20 Å². The normalized spacial score (nSPS) is 11.7. The average molecular weight is 229 g/mol. The summed E-state index contributed by atoms with van der Waals surface area (Å²) in [7, 11) is 0. The highest BCUT2D eigenvalue weighted by Gasteiger charge is 2.34. The molecule has 2 aromatic rings. The molecule has 2 heterocycles. The van der Waals surface area contributed by atoms with Gasteiger partial charge >= 0.3 is 6.18 Å². The number of anilines is 1. The third-order valence-corrected chi connectivity index (χ3v) is 1.78. The van der Waals surface area contributed by atoms with Gasteiger partial charge in [0.2, 0.25) is 5.82 Å². The minimum Gasteiger partial charge on any atom is -0.384 e. The Balaban J connectivity index is 2.49. The third-order valence-electron chi connectivity index (χ3n) is 1.78. The van der Waals surface area contributed by atoms with Crippen LogP contribution in [0.15, 0.2) is 24.5 Å². The summed E-state index contributed by atoms with van der Waals surface area (Å²) < 4.78 is 38.1. The van der Waals surface area contributed by atoms with Crippen molar-refractivity contribution in [2.24, 2.45) is 0 Å². The molecule has 16 heavy (non-hydrogen) atoms. The number of halogens is 3. The molecule has 2 N–H and O–H groups in total. The van der Waals surface area contributed by atoms with Crippen LogP contribution in [-0.4, -0.2) is 19.7 Å². The van der Waals surface area contributed by atoms with Crippen molar-refractivity contribution in [2.45, 2.75) is 6.18 Å². The fourth-order valence-corrected chi connectivity index (χ4v) is 1.11. The third kappa shape index (κ3) is 1.81. The highest BCUT2D eigenvalue weighted by Crippen LogP contribution is 2.26. The monoisotopic (exact) mass is 229 g/mol. The standard InChI is InChI=1S/C8H6F3N5/c9-8(10,11)7-13-3-2-6(15-7)16-5(12)1-4-14-16/h1-4H,12H2. The van der Waals surface area contributed by atoms with Gasteiger partial charge in [0, 0.05) is 18.3 Å². The van der Waals surface area contributed by atoms with Crippen molar-refractivity contribution in [3.05, 3.63) is 30.4 Å². The van der Waals surface area contributed by atoms with Gasteiger partial charge < -0.3 is 5.73 Å². The van der Waals surface area contributed by atoms with Crippen LogP contribution in [0.1, 0.15) is 5.82 Å². The summed E-state index contributed by atoms with van der Waals surface area (Å²) in [6.07, 6.45) is -2.21. The summed E-state index contributed by atoms with van der Waals surface area (Å²) in [6.45, 7) is 0. The molecule has 0 aromatic carbocycles. The largest absolute Gasteiger partial charge is 0.451 e. The molecule has 8 heteroatoms. The lowest BCUT2D eigenvalue weighted by Crippen LogP contribution is -2.13. The minimum absolute atomic E-state index is 0.0233. The molecule has 0 unspecified atom stereocenters. The van der Waals surface area contributed by atoms with Crippen LogP contribution in [0, 0.1) is 0 Å². The van der Waals surface area contributed by atoms with E-state index in [0.717, 1.165) is 10.9 Å². The summed E-state index contributed by atoms with van der Waals surface area (Å²) >= 11 is 0. The van der Waals surface area contributed by atoms with Crippen molar-refractivity contribution < 1.29 is 13.2 Å². The highest BCUT2D eigenvalue weighted by molar-refractivity contribution is 5.36. The molecule has 2 rings (SSSR count). The number of hydrogen-bond donors (Lipinski definition) is 1. The molecule has 5 nitrogen and oxygen atoms in total. The number of nitrogen functional groups attached to an aromatic ring is 1. The molecule has 0 aliphatic rings. The van der Waals surface area contributed by atoms with Gasteiger partial charge in [0.15, 0.2) is 5.82 Å². The van der Waals surface area contributed by atoms with Gasteiger partial charge in [0.25, 0.3) is 0 Å². The number of nitrogens with two attached hydrogens (primary N) is 1. The first kappa shape index (κ1) is 10.4. The molecule has 0 fully saturated rings. The molecule has 84 valence electrons. The summed E-state index contributed by atoms with van der Waals surface area (Å²) in [5, 5.41) is 3.74. The van der Waals surface area contributed by atoms with Gasteiger partial charge in [-0.1, -0.05) is 0 Å². The van der Waals surface area contributed by atoms with Gasteiger partial charge in [-0.05, 0) is 0 Å². The molecule has 2 aromatic heterocycles. The Morgan fingerprint density at radius 1 is 1.19 bits per heavy atom. The molecule has 0 aliphatic carbocycles. The summed E-state index contributed by atoms with van der Waals surface area (Å²) in [5.41, 5.74) is 5.49. The van der Waals surface area contributed by atoms with E-state index in [-0.39, 0.29) is 11.6 Å². The average Bonchev–Trinajstić information content (AvgIpc) is 2.63. The Hall–Kier alpha value is -2.12. The van der Waals surface area contributed by atoms with E-state index in [1.807, 2.05) is 0 Å². The predicted octanol–water partition coefficient (Wildman–Crippen LogP) is 1.26. The maximum Gasteiger partial charge on any atom is 0.451 e. The lowest BCUT2D eigenvalue weighted by atomic mass is 10.5. The van der Waals surface area contributed by atoms with Crippen LogP contribution in [0.2, 0.25) is 0 Å². The van der Waals surface area contributed by atoms with Crippen LogP contribution in [0.25, 0.3) is 5.82 Å². The minimum atomic E-state index is -4.59. The van der Waals surface area contributed by atoms with Crippen molar-refractivity contribution in [3.8, 4) is 5.82 Å². The van der Waals surface area contributed by atoms with Gasteiger partial charge in [-0.25, -0.2) is 9.97 Å². The van der Waals surface area contributed by atoms with E-state index in [1.165, 1.54) is 18.3 Å². The Morgan fingerprint density at radius 2 is 1.94 bits per heavy atom. The smallest absolute Gasteiger partial charge is 0.384 e. The van der Waals surface area contributed by atoms with Gasteiger partial charge in [-0.15, -0.1) is 0 Å². The van der Waals surface area contributed by atoms with Crippen molar-refractivity contribution in [2.75, 3.05) is 5.73 Å². The predicted molar refractivity (Wildman–Crippen MR) is 48.6 cm³/mol. The van der Waals surface area contributed by atoms with Crippen molar-refractivity contribution in [1.29, 1.82) is 0 Å². The van der Waals surface area contributed by atoms with E-state index in [4.69, 9.17) is 5.73 Å². The first-order valence-electron chi connectivity index (χ1n) is 4.18. The van der Waals surface area contributed by atoms with Crippen LogP contribution < -0.4 is 5.73 Å². The second-order valence-electron chi connectivity index (χ2n) is 2.90. The zero-order chi connectivity index (χ0) is 11.8. The molecule has 0 aliphatic heterocycles. The first-order chi connectivity index (χ1) is 7.48. The zero-order valence-electron chi connectivity index (χ0n) is 7.81. The maximum absolute atomic E-state index is 12.3. The van der Waals surface area contributed by atoms with Crippen molar-refractivity contribution in [1.82, 2.24) is 19.7 Å². The number of rotatable bonds is 1. The Labute approximate surface area is 87.7 Å². The SMILES string of the molecule is Nc1ccnn1-c1ccnc(C(F)(F)F)n1. The molecule has 0 bridgehead atoms. The van der Waals surface area contributed by atoms with E-state index in [1.54, 1.807) is 0 Å². The Kier molecular flexibility index (Phi) is 2.26. The molecular formula is C8H6F3N5. The quantitative estimate of drug-likeness (QED) is 0.799. The maximum atomic E-state index is 12.3. The van der Waals surface area contributed by atoms with Gasteiger partial charge in [-0.3, -0.25) is 0 Å². The summed E-state index contributed by atoms with van der Waals surface area (Å²) in [6, 6.07) is 2.74. The number of aromatic nitrogens is 4. The van der Waals surface area contributed by atoms with Gasteiger partial charge in [0.1, 0.15) is 5.82 Å². The first-order valence-corrected chi connectivity index (χ1v) is 4.18. The van der Waals surface area contributed by atoms with E-state index >= 15 is 0 Å². The zero-order valence-corrected chi connectivity index (χ0v) is 7.81. The number of alkyl halides is 3. The van der Waals surface area contributed by atoms with Crippen LogP contribution in [-0.2, 0) is 6.18 Å². The summed E-state index contributed by atoms with van der Waals surface area (Å²) in [4.78, 5) is 6.46. The van der Waals surface area contributed by atoms with Crippen LogP contribution in [0.5, 0.6) is 0 Å². The molecule has 0 atom stereocenters. The van der Waals surface area contributed by atoms with Crippen LogP contribution >= 0.6 is 0 Å². The van der Waals surface area contributed by atoms with E-state index in [2.05, 4.69) is 15.1 Å². The van der Waals surface area contributed by atoms with Gasteiger partial charge in [-0.2, -0.15) is 23.0 Å². The van der Waals surface area contributed by atoms with Crippen molar-refractivity contribution in [3.63, 3.8) is 0 Å². The fraction of sp³-hybridized carbons (Fsp3) is 0.125. The molecule has 0 spiro atoms. The topological polar surface area (TPSA) is 69.6 Å². The summed E-state index contributed by atoms with van der Waals surface area (Å²) in [5.74, 6) is -1.04. The molecule has 0 saturated carbocycles. The molecule has 0 radical (unpaired) electrons. The highest BCUT2D eigenvalue weighted by atomic mass is 19.4. The van der Waals surface area contributed by atoms with Crippen LogP contribution in [0.4, 0.5) is 19.0 Å². The van der Waals surface area contributed by atoms with Crippen LogP contribution in [0.3, 0.4) is 0 Å². The molecule has 0 saturated heterocycles. The number of hydrogen-bond acceptors (Lipinski definition) is 4. The van der Waals surface area contributed by atoms with Crippen molar-refractivity contribution >= 4 is 5.82 Å².